The van der Waals surface area contributed by atoms with E-state index in [0.717, 1.165) is 32.3 Å². The van der Waals surface area contributed by atoms with E-state index >= 15 is 0 Å². The molecule has 3 aromatic heterocycles. The highest BCUT2D eigenvalue weighted by atomic mass is 35.5. The largest absolute Gasteiger partial charge is 0.491 e. The number of fused-ring (bicyclic) bond motifs is 1. The first-order valence-corrected chi connectivity index (χ1v) is 28.7. The number of imidazole rings is 1. The summed E-state index contributed by atoms with van der Waals surface area (Å²) < 4.78 is 47.7. The van der Waals surface area contributed by atoms with E-state index < -0.39 is 17.9 Å². The zero-order valence-electron chi connectivity index (χ0n) is 48.2. The van der Waals surface area contributed by atoms with E-state index in [0.29, 0.717) is 134 Å². The predicted octanol–water partition coefficient (Wildman–Crippen LogP) is 4.56. The monoisotopic (exact) mass is 1200 g/mol. The summed E-state index contributed by atoms with van der Waals surface area (Å²) in [7, 11) is 5.04. The Morgan fingerprint density at radius 3 is 1.82 bits per heavy atom. The number of nitrogens with one attached hydrogen (secondary N) is 6. The van der Waals surface area contributed by atoms with E-state index in [1.165, 1.54) is 16.8 Å². The molecule has 2 aromatic carbocycles. The van der Waals surface area contributed by atoms with Gasteiger partial charge < -0.3 is 84.7 Å². The van der Waals surface area contributed by atoms with Crippen LogP contribution < -0.4 is 42.4 Å². The zero-order valence-corrected chi connectivity index (χ0v) is 49.8. The van der Waals surface area contributed by atoms with Crippen LogP contribution in [0.15, 0.2) is 77.0 Å². The highest BCUT2D eigenvalue weighted by Crippen LogP contribution is 2.39. The van der Waals surface area contributed by atoms with Crippen LogP contribution in [0.1, 0.15) is 61.9 Å². The molecule has 0 aliphatic carbocycles. The van der Waals surface area contributed by atoms with Gasteiger partial charge in [-0.25, -0.2) is 9.98 Å². The van der Waals surface area contributed by atoms with Crippen molar-refractivity contribution in [3.05, 3.63) is 105 Å². The minimum atomic E-state index is -0.655. The first-order chi connectivity index (χ1) is 40.7. The number of halogens is 1. The number of carbonyl (C=O) groups is 5. The molecule has 5 amide bonds. The minimum Gasteiger partial charge on any atom is -0.491 e. The Labute approximate surface area is 497 Å². The van der Waals surface area contributed by atoms with Crippen molar-refractivity contribution in [3.63, 3.8) is 0 Å². The Kier molecular flexibility index (Phi) is 28.2. The van der Waals surface area contributed by atoms with Crippen molar-refractivity contribution in [2.24, 2.45) is 29.8 Å². The van der Waals surface area contributed by atoms with Gasteiger partial charge in [-0.1, -0.05) is 23.7 Å². The van der Waals surface area contributed by atoms with Gasteiger partial charge in [-0.3, -0.25) is 29.0 Å². The summed E-state index contributed by atoms with van der Waals surface area (Å²) in [6.07, 6.45) is 3.45. The number of benzene rings is 2. The number of anilines is 3. The number of ether oxygens (including phenoxy) is 8. The molecule has 1 aliphatic heterocycles. The van der Waals surface area contributed by atoms with Gasteiger partial charge >= 0.3 is 0 Å². The maximum atomic E-state index is 13.2. The van der Waals surface area contributed by atoms with Gasteiger partial charge in [0.15, 0.2) is 5.82 Å². The fourth-order valence-electron chi connectivity index (χ4n) is 8.04. The molecule has 0 fully saturated rings. The maximum absolute atomic E-state index is 13.2. The summed E-state index contributed by atoms with van der Waals surface area (Å²) in [5.41, 5.74) is 11.3. The van der Waals surface area contributed by atoms with Crippen molar-refractivity contribution in [3.8, 4) is 5.75 Å². The van der Waals surface area contributed by atoms with Gasteiger partial charge in [0.1, 0.15) is 34.9 Å². The number of aliphatic imine (C=N–C) groups is 2. The number of aryl methyl sites for hydroxylation is 3. The number of amidine groups is 1. The summed E-state index contributed by atoms with van der Waals surface area (Å²) in [6.45, 7) is 10.9. The molecule has 6 rings (SSSR count). The lowest BCUT2D eigenvalue weighted by atomic mass is 9.99. The van der Waals surface area contributed by atoms with Gasteiger partial charge in [0.2, 0.25) is 23.5 Å². The van der Waals surface area contributed by atoms with Crippen LogP contribution in [-0.4, -0.2) is 187 Å². The van der Waals surface area contributed by atoms with Crippen molar-refractivity contribution < 1.29 is 61.9 Å². The quantitative estimate of drug-likeness (QED) is 0.0265. The van der Waals surface area contributed by atoms with E-state index in [2.05, 4.69) is 36.9 Å². The molecule has 0 saturated carbocycles. The highest BCUT2D eigenvalue weighted by molar-refractivity contribution is 7.16. The molecule has 1 atom stereocenters. The van der Waals surface area contributed by atoms with Crippen molar-refractivity contribution in [1.29, 1.82) is 0 Å². The number of amides is 5. The number of aromatic nitrogens is 3. The van der Waals surface area contributed by atoms with Crippen LogP contribution in [0.5, 0.6) is 5.75 Å². The molecule has 0 bridgehead atoms. The second-order valence-corrected chi connectivity index (χ2v) is 20.5. The Morgan fingerprint density at radius 2 is 1.21 bits per heavy atom. The molecule has 4 heterocycles. The number of carbonyl (C=O) groups excluding carboxylic acids is 5. The van der Waals surface area contributed by atoms with Crippen molar-refractivity contribution >= 4 is 86.2 Å². The molecular weight excluding hydrogens is 1130 g/mol. The first-order valence-electron chi connectivity index (χ1n) is 27.5. The van der Waals surface area contributed by atoms with Crippen LogP contribution in [0.4, 0.5) is 22.2 Å². The molecule has 1 aliphatic rings. The van der Waals surface area contributed by atoms with Gasteiger partial charge in [0.25, 0.3) is 11.8 Å². The summed E-state index contributed by atoms with van der Waals surface area (Å²) in [4.78, 5) is 78.3. The number of nitrogens with zero attached hydrogens (tertiary/aromatic N) is 5. The summed E-state index contributed by atoms with van der Waals surface area (Å²) in [5.74, 6) is -0.429. The van der Waals surface area contributed by atoms with Crippen LogP contribution >= 0.6 is 22.9 Å². The molecule has 5 aromatic rings. The Morgan fingerprint density at radius 1 is 0.631 bits per heavy atom. The molecule has 0 radical (unpaired) electrons. The number of hydrogen-bond acceptors (Lipinski definition) is 19. The second kappa shape index (κ2) is 35.9. The predicted molar refractivity (Wildman–Crippen MR) is 321 cm³/mol. The number of hydrogen-bond donors (Lipinski definition) is 7. The minimum absolute atomic E-state index is 0.0122. The SMILES string of the molecule is CNCCC(=O)Nc1cn(C)c(C(=O)Nc2cc(C(=O)NCCC(=O)NCCOCCOCCOCCOCCOCCOCCOCCOc3ccc(NC(=O)C[C@@H]4N=C(c5ccc(Cl)cc5)c5c(sc(C)c5C)N=C4N)cc3)n(C)c2)n1. The lowest BCUT2D eigenvalue weighted by Gasteiger charge is -2.14. The molecule has 0 unspecified atom stereocenters. The molecule has 25 nitrogen and oxygen atoms in total. The van der Waals surface area contributed by atoms with Crippen molar-refractivity contribution in [2.75, 3.05) is 142 Å². The number of nitrogens with two attached hydrogens (primary N) is 1. The molecular formula is C57H77ClN12O13S. The number of thiophene rings is 1. The first kappa shape index (κ1) is 66.0. The Bertz CT molecular complexity index is 2970. The van der Waals surface area contributed by atoms with Gasteiger partial charge in [-0.2, -0.15) is 0 Å². The summed E-state index contributed by atoms with van der Waals surface area (Å²) in [6, 6.07) is 15.4. The van der Waals surface area contributed by atoms with Crippen LogP contribution in [0.2, 0.25) is 5.02 Å². The van der Waals surface area contributed by atoms with Crippen LogP contribution in [-0.2, 0) is 61.6 Å². The molecule has 0 saturated heterocycles. The average Bonchev–Trinajstić information content (AvgIpc) is 4.04. The van der Waals surface area contributed by atoms with E-state index in [-0.39, 0.29) is 66.7 Å². The van der Waals surface area contributed by atoms with E-state index in [1.807, 2.05) is 38.1 Å². The standard InChI is InChI=1S/C57H77ClN12O13S/c1-38-39(2)84-57-51(38)52(40-6-8-41(58)9-7-40)65-45(53(59)68-57)35-50(73)63-42-10-12-44(13-11-42)83-33-32-82-31-30-81-29-28-80-27-26-79-25-24-78-23-22-77-21-20-76-19-18-61-48(71)15-17-62-55(74)46-34-43(36-69(46)4)64-56(75)54-67-47(37-70(54)5)66-49(72)14-16-60-3/h6-13,34,36-37,45,60H,14-33,35H2,1-5H3,(H2,59,68)(H,61,71)(H,62,74)(H,63,73)(H,64,75)(H,66,72)/t45-/m0/s1. The second-order valence-electron chi connectivity index (χ2n) is 18.9. The lowest BCUT2D eigenvalue weighted by Crippen LogP contribution is -2.33. The third-order valence-electron chi connectivity index (χ3n) is 12.5. The average molecular weight is 1210 g/mol. The maximum Gasteiger partial charge on any atom is 0.291 e. The smallest absolute Gasteiger partial charge is 0.291 e. The lowest BCUT2D eigenvalue weighted by molar-refractivity contribution is -0.121. The highest BCUT2D eigenvalue weighted by Gasteiger charge is 2.28. The van der Waals surface area contributed by atoms with Gasteiger partial charge in [0, 0.05) is 85.7 Å². The molecule has 27 heteroatoms. The van der Waals surface area contributed by atoms with Gasteiger partial charge in [-0.15, -0.1) is 11.3 Å². The topological polar surface area (TPSA) is 305 Å². The molecule has 8 N–H and O–H groups in total. The third kappa shape index (κ3) is 22.5. The van der Waals surface area contributed by atoms with E-state index in [9.17, 15) is 24.0 Å². The van der Waals surface area contributed by atoms with Crippen LogP contribution in [0, 0.1) is 13.8 Å². The van der Waals surface area contributed by atoms with Crippen LogP contribution in [0.3, 0.4) is 0 Å². The van der Waals surface area contributed by atoms with Crippen molar-refractivity contribution in [2.45, 2.75) is 39.2 Å². The zero-order chi connectivity index (χ0) is 60.1. The third-order valence-corrected chi connectivity index (χ3v) is 13.8. The molecule has 456 valence electrons. The van der Waals surface area contributed by atoms with E-state index in [4.69, 9.17) is 65.2 Å². The Balaban J connectivity index is 0.672. The number of rotatable bonds is 39. The summed E-state index contributed by atoms with van der Waals surface area (Å²) >= 11 is 7.73. The van der Waals surface area contributed by atoms with Gasteiger partial charge in [0.05, 0.1) is 110 Å². The fraction of sp³-hybridized carbons (Fsp3) is 0.474. The molecule has 0 spiro atoms. The summed E-state index contributed by atoms with van der Waals surface area (Å²) in [5, 5.41) is 18.1. The Hall–Kier alpha value is -7.11. The van der Waals surface area contributed by atoms with E-state index in [1.54, 1.807) is 67.5 Å². The van der Waals surface area contributed by atoms with Crippen molar-refractivity contribution in [1.82, 2.24) is 30.1 Å². The van der Waals surface area contributed by atoms with Crippen LogP contribution in [0.25, 0.3) is 0 Å². The normalized spacial score (nSPS) is 12.9. The fourth-order valence-corrected chi connectivity index (χ4v) is 9.22. The molecule has 84 heavy (non-hydrogen) atoms. The van der Waals surface area contributed by atoms with Gasteiger partial charge in [-0.05, 0) is 68.9 Å².